The first-order valence-corrected chi connectivity index (χ1v) is 8.50. The molecule has 6 heteroatoms. The molecule has 0 atom stereocenters. The summed E-state index contributed by atoms with van der Waals surface area (Å²) in [5.41, 5.74) is 7.11. The molecule has 1 heterocycles. The summed E-state index contributed by atoms with van der Waals surface area (Å²) in [5, 5.41) is 0.519. The molecule has 1 saturated heterocycles. The molecule has 2 fully saturated rings. The van der Waals surface area contributed by atoms with Crippen LogP contribution >= 0.6 is 11.6 Å². The number of sulfone groups is 1. The second-order valence-electron chi connectivity index (χ2n) is 5.62. The van der Waals surface area contributed by atoms with Gasteiger partial charge in [0.2, 0.25) is 0 Å². The van der Waals surface area contributed by atoms with Gasteiger partial charge in [-0.2, -0.15) is 0 Å². The minimum atomic E-state index is -2.87. The SMILES string of the molecule is NC1(Cc2ccc(OC3CS(=O)(=O)C3)c(Cl)c2)CC1. The largest absolute Gasteiger partial charge is 0.487 e. The van der Waals surface area contributed by atoms with Gasteiger partial charge in [-0.25, -0.2) is 8.42 Å². The van der Waals surface area contributed by atoms with Crippen LogP contribution in [0.1, 0.15) is 18.4 Å². The van der Waals surface area contributed by atoms with Crippen molar-refractivity contribution in [2.45, 2.75) is 30.9 Å². The third kappa shape index (κ3) is 3.04. The van der Waals surface area contributed by atoms with Crippen molar-refractivity contribution in [1.29, 1.82) is 0 Å². The summed E-state index contributed by atoms with van der Waals surface area (Å²) in [6, 6.07) is 5.60. The molecule has 0 radical (unpaired) electrons. The predicted molar refractivity (Wildman–Crippen MR) is 74.4 cm³/mol. The first-order valence-electron chi connectivity index (χ1n) is 6.30. The minimum Gasteiger partial charge on any atom is -0.487 e. The van der Waals surface area contributed by atoms with Gasteiger partial charge in [-0.3, -0.25) is 0 Å². The third-order valence-corrected chi connectivity index (χ3v) is 5.67. The lowest BCUT2D eigenvalue weighted by Gasteiger charge is -2.27. The molecule has 1 aromatic carbocycles. The van der Waals surface area contributed by atoms with E-state index in [9.17, 15) is 8.42 Å². The summed E-state index contributed by atoms with van der Waals surface area (Å²) in [5.74, 6) is 0.709. The normalized spacial score (nSPS) is 23.7. The minimum absolute atomic E-state index is 0.0479. The quantitative estimate of drug-likeness (QED) is 0.916. The van der Waals surface area contributed by atoms with Gasteiger partial charge in [0.1, 0.15) is 11.9 Å². The summed E-state index contributed by atoms with van der Waals surface area (Å²) in [6.45, 7) is 0. The Hall–Kier alpha value is -0.780. The van der Waals surface area contributed by atoms with Crippen molar-refractivity contribution in [3.05, 3.63) is 28.8 Å². The Balaban J connectivity index is 1.66. The van der Waals surface area contributed by atoms with Crippen LogP contribution in [-0.4, -0.2) is 31.6 Å². The second kappa shape index (κ2) is 4.36. The van der Waals surface area contributed by atoms with E-state index in [-0.39, 0.29) is 23.1 Å². The highest BCUT2D eigenvalue weighted by Gasteiger charge is 2.38. The number of nitrogens with two attached hydrogens (primary N) is 1. The van der Waals surface area contributed by atoms with Crippen LogP contribution in [0.3, 0.4) is 0 Å². The fourth-order valence-electron chi connectivity index (χ4n) is 2.26. The molecular weight excluding hydrogens is 286 g/mol. The van der Waals surface area contributed by atoms with Crippen LogP contribution in [0.2, 0.25) is 5.02 Å². The third-order valence-electron chi connectivity index (χ3n) is 3.62. The van der Waals surface area contributed by atoms with Crippen LogP contribution in [-0.2, 0) is 16.3 Å². The van der Waals surface area contributed by atoms with Gasteiger partial charge in [0.15, 0.2) is 9.84 Å². The number of benzene rings is 1. The standard InChI is InChI=1S/C13H16ClNO3S/c14-11-5-9(6-13(15)3-4-13)1-2-12(11)18-10-7-19(16,17)8-10/h1-2,5,10H,3-4,6-8,15H2. The zero-order valence-corrected chi connectivity index (χ0v) is 12.0. The summed E-state index contributed by atoms with van der Waals surface area (Å²) >= 11 is 6.16. The Bertz CT molecular complexity index is 598. The number of rotatable bonds is 4. The average molecular weight is 302 g/mol. The Morgan fingerprint density at radius 1 is 1.37 bits per heavy atom. The lowest BCUT2D eigenvalue weighted by Crippen LogP contribution is -2.45. The van der Waals surface area contributed by atoms with Gasteiger partial charge in [-0.05, 0) is 37.0 Å². The molecule has 4 nitrogen and oxygen atoms in total. The Morgan fingerprint density at radius 2 is 2.05 bits per heavy atom. The fraction of sp³-hybridized carbons (Fsp3) is 0.538. The molecule has 2 aliphatic rings. The van der Waals surface area contributed by atoms with Crippen molar-refractivity contribution in [3.63, 3.8) is 0 Å². The van der Waals surface area contributed by atoms with Crippen molar-refractivity contribution < 1.29 is 13.2 Å². The number of hydrogen-bond acceptors (Lipinski definition) is 4. The maximum absolute atomic E-state index is 11.1. The van der Waals surface area contributed by atoms with Gasteiger partial charge in [0, 0.05) is 5.54 Å². The van der Waals surface area contributed by atoms with Crippen molar-refractivity contribution in [1.82, 2.24) is 0 Å². The maximum atomic E-state index is 11.1. The molecule has 19 heavy (non-hydrogen) atoms. The van der Waals surface area contributed by atoms with Crippen LogP contribution in [0.4, 0.5) is 0 Å². The van der Waals surface area contributed by atoms with Gasteiger partial charge in [0.05, 0.1) is 16.5 Å². The molecule has 0 spiro atoms. The first kappa shape index (κ1) is 13.2. The zero-order valence-electron chi connectivity index (χ0n) is 10.4. The fourth-order valence-corrected chi connectivity index (χ4v) is 3.68. The van der Waals surface area contributed by atoms with Crippen LogP contribution < -0.4 is 10.5 Å². The van der Waals surface area contributed by atoms with Crippen LogP contribution in [0.5, 0.6) is 5.75 Å². The molecular formula is C13H16ClNO3S. The zero-order chi connectivity index (χ0) is 13.7. The summed E-state index contributed by atoms with van der Waals surface area (Å²) in [7, 11) is -2.87. The topological polar surface area (TPSA) is 69.4 Å². The van der Waals surface area contributed by atoms with Gasteiger partial charge in [-0.1, -0.05) is 17.7 Å². The van der Waals surface area contributed by atoms with E-state index in [2.05, 4.69) is 0 Å². The molecule has 1 aliphatic heterocycles. The predicted octanol–water partition coefficient (Wildman–Crippen LogP) is 1.55. The second-order valence-corrected chi connectivity index (χ2v) is 8.18. The lowest BCUT2D eigenvalue weighted by atomic mass is 10.1. The highest BCUT2D eigenvalue weighted by Crippen LogP contribution is 2.37. The molecule has 104 valence electrons. The molecule has 0 bridgehead atoms. The van der Waals surface area contributed by atoms with Crippen molar-refractivity contribution in [2.24, 2.45) is 5.73 Å². The summed E-state index contributed by atoms with van der Waals surface area (Å²) in [6.07, 6.45) is 2.67. The molecule has 0 aromatic heterocycles. The van der Waals surface area contributed by atoms with Crippen LogP contribution in [0.15, 0.2) is 18.2 Å². The van der Waals surface area contributed by atoms with Crippen molar-refractivity contribution >= 4 is 21.4 Å². The van der Waals surface area contributed by atoms with Crippen LogP contribution in [0, 0.1) is 0 Å². The van der Waals surface area contributed by atoms with Gasteiger partial charge >= 0.3 is 0 Å². The van der Waals surface area contributed by atoms with E-state index in [1.54, 1.807) is 6.07 Å². The Labute approximate surface area is 117 Å². The maximum Gasteiger partial charge on any atom is 0.157 e. The van der Waals surface area contributed by atoms with E-state index in [1.807, 2.05) is 12.1 Å². The molecule has 1 aliphatic carbocycles. The van der Waals surface area contributed by atoms with Crippen molar-refractivity contribution in [3.8, 4) is 5.75 Å². The number of halogens is 1. The summed E-state index contributed by atoms with van der Waals surface area (Å²) < 4.78 is 27.7. The first-order chi connectivity index (χ1) is 8.85. The van der Waals surface area contributed by atoms with E-state index in [4.69, 9.17) is 22.1 Å². The van der Waals surface area contributed by atoms with Gasteiger partial charge < -0.3 is 10.5 Å². The smallest absolute Gasteiger partial charge is 0.157 e. The molecule has 2 N–H and O–H groups in total. The molecule has 3 rings (SSSR count). The molecule has 1 saturated carbocycles. The van der Waals surface area contributed by atoms with Crippen LogP contribution in [0.25, 0.3) is 0 Å². The molecule has 0 unspecified atom stereocenters. The van der Waals surface area contributed by atoms with E-state index >= 15 is 0 Å². The van der Waals surface area contributed by atoms with E-state index in [0.717, 1.165) is 24.8 Å². The lowest BCUT2D eigenvalue weighted by molar-refractivity contribution is 0.230. The highest BCUT2D eigenvalue weighted by molar-refractivity contribution is 7.92. The molecule has 0 amide bonds. The van der Waals surface area contributed by atoms with Gasteiger partial charge in [0.25, 0.3) is 0 Å². The van der Waals surface area contributed by atoms with Gasteiger partial charge in [-0.15, -0.1) is 0 Å². The van der Waals surface area contributed by atoms with E-state index < -0.39 is 9.84 Å². The number of hydrogen-bond donors (Lipinski definition) is 1. The number of ether oxygens (including phenoxy) is 1. The monoisotopic (exact) mass is 301 g/mol. The highest BCUT2D eigenvalue weighted by atomic mass is 35.5. The average Bonchev–Trinajstić information content (AvgIpc) is 2.97. The van der Waals surface area contributed by atoms with Crippen molar-refractivity contribution in [2.75, 3.05) is 11.5 Å². The van der Waals surface area contributed by atoms with E-state index in [1.165, 1.54) is 0 Å². The van der Waals surface area contributed by atoms with E-state index in [0.29, 0.717) is 10.8 Å². The Morgan fingerprint density at radius 3 is 2.58 bits per heavy atom. The molecule has 1 aromatic rings. The Kier molecular flexibility index (Phi) is 3.04. The summed E-state index contributed by atoms with van der Waals surface area (Å²) in [4.78, 5) is 0.